The maximum atomic E-state index is 4.36. The number of rotatable bonds is 2. The Morgan fingerprint density at radius 3 is 2.75 bits per heavy atom. The molecule has 2 aromatic rings. The summed E-state index contributed by atoms with van der Waals surface area (Å²) in [5.74, 6) is 0. The van der Waals surface area contributed by atoms with Gasteiger partial charge in [0.2, 0.25) is 0 Å². The van der Waals surface area contributed by atoms with Crippen LogP contribution in [0.5, 0.6) is 0 Å². The molecule has 1 heterocycles. The van der Waals surface area contributed by atoms with Gasteiger partial charge in [-0.25, -0.2) is 4.98 Å². The zero-order valence-corrected chi connectivity index (χ0v) is 12.6. The highest BCUT2D eigenvalue weighted by Gasteiger charge is 2.06. The minimum absolute atomic E-state index is 0.998. The van der Waals surface area contributed by atoms with Crippen molar-refractivity contribution in [3.63, 3.8) is 0 Å². The first-order chi connectivity index (χ1) is 7.66. The number of halogens is 2. The summed E-state index contributed by atoms with van der Waals surface area (Å²) in [6, 6.07) is 10.2. The molecule has 0 radical (unpaired) electrons. The van der Waals surface area contributed by atoms with Crippen molar-refractivity contribution in [2.75, 3.05) is 0 Å². The number of aromatic nitrogens is 1. The summed E-state index contributed by atoms with van der Waals surface area (Å²) in [7, 11) is 0. The van der Waals surface area contributed by atoms with E-state index < -0.39 is 0 Å². The van der Waals surface area contributed by atoms with Gasteiger partial charge in [0, 0.05) is 15.6 Å². The zero-order chi connectivity index (χ0) is 11.5. The van der Waals surface area contributed by atoms with Gasteiger partial charge in [0.05, 0.1) is 4.47 Å². The van der Waals surface area contributed by atoms with E-state index in [1.54, 1.807) is 11.8 Å². The average Bonchev–Trinajstić information content (AvgIpc) is 2.25. The summed E-state index contributed by atoms with van der Waals surface area (Å²) >= 11 is 8.68. The van der Waals surface area contributed by atoms with Crippen LogP contribution in [0.1, 0.15) is 5.56 Å². The predicted octanol–water partition coefficient (Wildman–Crippen LogP) is 5.07. The van der Waals surface area contributed by atoms with Crippen molar-refractivity contribution in [1.29, 1.82) is 0 Å². The lowest BCUT2D eigenvalue weighted by molar-refractivity contribution is 1.08. The third kappa shape index (κ3) is 2.87. The highest BCUT2D eigenvalue weighted by atomic mass is 79.9. The lowest BCUT2D eigenvalue weighted by Crippen LogP contribution is -1.85. The Morgan fingerprint density at radius 1 is 1.19 bits per heavy atom. The first-order valence-corrected chi connectivity index (χ1v) is 7.11. The van der Waals surface area contributed by atoms with Crippen LogP contribution in [0.15, 0.2) is 55.4 Å². The highest BCUT2D eigenvalue weighted by Crippen LogP contribution is 2.34. The molecule has 16 heavy (non-hydrogen) atoms. The van der Waals surface area contributed by atoms with Crippen LogP contribution in [0.25, 0.3) is 0 Å². The van der Waals surface area contributed by atoms with Gasteiger partial charge in [-0.1, -0.05) is 33.8 Å². The van der Waals surface area contributed by atoms with Crippen molar-refractivity contribution in [2.24, 2.45) is 0 Å². The molecule has 82 valence electrons. The summed E-state index contributed by atoms with van der Waals surface area (Å²) in [6.07, 6.45) is 1.83. The van der Waals surface area contributed by atoms with E-state index in [2.05, 4.69) is 55.9 Å². The van der Waals surface area contributed by atoms with Crippen molar-refractivity contribution in [2.45, 2.75) is 16.8 Å². The molecule has 0 saturated carbocycles. The van der Waals surface area contributed by atoms with Crippen molar-refractivity contribution < 1.29 is 0 Å². The van der Waals surface area contributed by atoms with Crippen LogP contribution in [0.3, 0.4) is 0 Å². The molecular weight excluding hydrogens is 350 g/mol. The summed E-state index contributed by atoms with van der Waals surface area (Å²) in [6.45, 7) is 2.07. The van der Waals surface area contributed by atoms with Crippen molar-refractivity contribution >= 4 is 43.6 Å². The minimum atomic E-state index is 0.998. The molecular formula is C12H9Br2NS. The van der Waals surface area contributed by atoms with Crippen molar-refractivity contribution in [1.82, 2.24) is 4.98 Å². The number of nitrogens with zero attached hydrogens (tertiary/aromatic N) is 1. The standard InChI is InChI=1S/C12H9Br2NS/c1-8-5-6-15-12(11(8)14)16-10-4-2-3-9(13)7-10/h2-7H,1H3. The molecule has 0 amide bonds. The minimum Gasteiger partial charge on any atom is -0.248 e. The van der Waals surface area contributed by atoms with Crippen LogP contribution in [0.2, 0.25) is 0 Å². The van der Waals surface area contributed by atoms with Gasteiger partial charge >= 0.3 is 0 Å². The van der Waals surface area contributed by atoms with E-state index in [9.17, 15) is 0 Å². The quantitative estimate of drug-likeness (QED) is 0.743. The number of benzene rings is 1. The van der Waals surface area contributed by atoms with E-state index in [1.807, 2.05) is 24.4 Å². The third-order valence-corrected chi connectivity index (χ3v) is 4.81. The van der Waals surface area contributed by atoms with Gasteiger partial charge in [-0.3, -0.25) is 0 Å². The van der Waals surface area contributed by atoms with E-state index >= 15 is 0 Å². The van der Waals surface area contributed by atoms with Gasteiger partial charge in [-0.15, -0.1) is 0 Å². The Hall–Kier alpha value is -0.320. The smallest absolute Gasteiger partial charge is 0.115 e. The predicted molar refractivity (Wildman–Crippen MR) is 74.9 cm³/mol. The van der Waals surface area contributed by atoms with E-state index in [0.717, 1.165) is 14.0 Å². The van der Waals surface area contributed by atoms with Crippen LogP contribution < -0.4 is 0 Å². The summed E-state index contributed by atoms with van der Waals surface area (Å²) in [4.78, 5) is 5.54. The molecule has 0 bridgehead atoms. The van der Waals surface area contributed by atoms with Gasteiger partial charge in [-0.2, -0.15) is 0 Å². The van der Waals surface area contributed by atoms with Crippen LogP contribution in [0.4, 0.5) is 0 Å². The van der Waals surface area contributed by atoms with Crippen molar-refractivity contribution in [3.05, 3.63) is 51.0 Å². The molecule has 0 aliphatic rings. The number of aryl methyl sites for hydroxylation is 1. The van der Waals surface area contributed by atoms with Crippen LogP contribution in [-0.2, 0) is 0 Å². The second-order valence-electron chi connectivity index (χ2n) is 3.31. The largest absolute Gasteiger partial charge is 0.248 e. The molecule has 0 fully saturated rings. The fourth-order valence-electron chi connectivity index (χ4n) is 1.23. The van der Waals surface area contributed by atoms with Crippen LogP contribution in [-0.4, -0.2) is 4.98 Å². The highest BCUT2D eigenvalue weighted by molar-refractivity contribution is 9.10. The second kappa shape index (κ2) is 5.34. The Morgan fingerprint density at radius 2 is 2.00 bits per heavy atom. The molecule has 1 aromatic carbocycles. The molecule has 4 heteroatoms. The average molecular weight is 359 g/mol. The molecule has 1 nitrogen and oxygen atoms in total. The molecule has 0 aliphatic carbocycles. The molecule has 0 spiro atoms. The number of hydrogen-bond donors (Lipinski definition) is 0. The molecule has 0 N–H and O–H groups in total. The lowest BCUT2D eigenvalue weighted by atomic mass is 10.3. The fraction of sp³-hybridized carbons (Fsp3) is 0.0833. The van der Waals surface area contributed by atoms with Crippen molar-refractivity contribution in [3.8, 4) is 0 Å². The van der Waals surface area contributed by atoms with Crippen LogP contribution >= 0.6 is 43.6 Å². The molecule has 1 aromatic heterocycles. The molecule has 0 atom stereocenters. The first-order valence-electron chi connectivity index (χ1n) is 4.71. The molecule has 0 unspecified atom stereocenters. The Bertz CT molecular complexity index is 514. The van der Waals surface area contributed by atoms with E-state index in [-0.39, 0.29) is 0 Å². The molecule has 2 rings (SSSR count). The lowest BCUT2D eigenvalue weighted by Gasteiger charge is -2.05. The zero-order valence-electron chi connectivity index (χ0n) is 8.58. The normalized spacial score (nSPS) is 10.4. The van der Waals surface area contributed by atoms with Gasteiger partial charge < -0.3 is 0 Å². The SMILES string of the molecule is Cc1ccnc(Sc2cccc(Br)c2)c1Br. The van der Waals surface area contributed by atoms with E-state index in [4.69, 9.17) is 0 Å². The summed E-state index contributed by atoms with van der Waals surface area (Å²) in [5.41, 5.74) is 1.20. The summed E-state index contributed by atoms with van der Waals surface area (Å²) in [5, 5.41) is 0.998. The topological polar surface area (TPSA) is 12.9 Å². The van der Waals surface area contributed by atoms with Gasteiger partial charge in [0.1, 0.15) is 5.03 Å². The summed E-state index contributed by atoms with van der Waals surface area (Å²) < 4.78 is 2.15. The van der Waals surface area contributed by atoms with Crippen LogP contribution in [0, 0.1) is 6.92 Å². The second-order valence-corrected chi connectivity index (χ2v) is 6.08. The molecule has 0 aliphatic heterocycles. The van der Waals surface area contributed by atoms with E-state index in [1.165, 1.54) is 10.5 Å². The number of pyridine rings is 1. The number of hydrogen-bond acceptors (Lipinski definition) is 2. The van der Waals surface area contributed by atoms with Gasteiger partial charge in [0.25, 0.3) is 0 Å². The first kappa shape index (κ1) is 12.1. The van der Waals surface area contributed by atoms with Gasteiger partial charge in [-0.05, 0) is 52.7 Å². The molecule has 0 saturated heterocycles. The van der Waals surface area contributed by atoms with E-state index in [0.29, 0.717) is 0 Å². The fourth-order valence-corrected chi connectivity index (χ4v) is 3.18. The Kier molecular flexibility index (Phi) is 4.05. The monoisotopic (exact) mass is 357 g/mol. The Balaban J connectivity index is 2.31. The Labute approximate surface area is 116 Å². The maximum Gasteiger partial charge on any atom is 0.115 e. The van der Waals surface area contributed by atoms with Gasteiger partial charge in [0.15, 0.2) is 0 Å². The third-order valence-electron chi connectivity index (χ3n) is 2.06. The maximum absolute atomic E-state index is 4.36.